The van der Waals surface area contributed by atoms with E-state index in [1.54, 1.807) is 0 Å². The van der Waals surface area contributed by atoms with Crippen LogP contribution in [0.15, 0.2) is 42.2 Å². The molecule has 0 saturated heterocycles. The van der Waals surface area contributed by atoms with Gasteiger partial charge in [-0.05, 0) is 19.8 Å². The van der Waals surface area contributed by atoms with Crippen molar-refractivity contribution in [3.05, 3.63) is 47.7 Å². The number of hydrogen-bond acceptors (Lipinski definition) is 3. The minimum Gasteiger partial charge on any atom is -0.429 e. The van der Waals surface area contributed by atoms with Crippen molar-refractivity contribution in [1.82, 2.24) is 0 Å². The van der Waals surface area contributed by atoms with Gasteiger partial charge in [-0.25, -0.2) is 4.79 Å². The van der Waals surface area contributed by atoms with E-state index in [1.807, 2.05) is 18.2 Å². The molecule has 0 spiro atoms. The first-order chi connectivity index (χ1) is 10.6. The van der Waals surface area contributed by atoms with Gasteiger partial charge in [0.15, 0.2) is 11.7 Å². The molecule has 3 heteroatoms. The lowest BCUT2D eigenvalue weighted by Crippen LogP contribution is -2.29. The normalized spacial score (nSPS) is 21.3. The molecule has 1 saturated carbocycles. The fourth-order valence-corrected chi connectivity index (χ4v) is 2.64. The van der Waals surface area contributed by atoms with Crippen LogP contribution in [-0.2, 0) is 14.3 Å². The highest BCUT2D eigenvalue weighted by molar-refractivity contribution is 6.09. The summed E-state index contributed by atoms with van der Waals surface area (Å²) in [5.74, 6) is 0.968. The molecule has 0 N–H and O–H groups in total. The van der Waals surface area contributed by atoms with Crippen molar-refractivity contribution in [2.75, 3.05) is 0 Å². The standard InChI is InChI=1S/C12H12O3.C7H8/c1-2-9-10(13)7-11(15-12(9)14)8-5-3-4-6-8;1-7-5-3-2-4-6-7/h1,7-9H,3-6H2;2-6H,1H3. The summed E-state index contributed by atoms with van der Waals surface area (Å²) in [6.07, 6.45) is 10.7. The van der Waals surface area contributed by atoms with Crippen molar-refractivity contribution >= 4 is 11.8 Å². The van der Waals surface area contributed by atoms with E-state index in [0.29, 0.717) is 5.76 Å². The zero-order valence-electron chi connectivity index (χ0n) is 12.7. The largest absolute Gasteiger partial charge is 0.429 e. The second-order valence-corrected chi connectivity index (χ2v) is 5.61. The van der Waals surface area contributed by atoms with E-state index in [1.165, 1.54) is 11.6 Å². The Morgan fingerprint density at radius 3 is 2.23 bits per heavy atom. The number of esters is 1. The Bertz CT molecular complexity index is 601. The van der Waals surface area contributed by atoms with Crippen molar-refractivity contribution in [2.24, 2.45) is 11.8 Å². The topological polar surface area (TPSA) is 43.4 Å². The lowest BCUT2D eigenvalue weighted by Gasteiger charge is -2.20. The van der Waals surface area contributed by atoms with Crippen LogP contribution in [0.2, 0.25) is 0 Å². The van der Waals surface area contributed by atoms with Crippen LogP contribution in [0.5, 0.6) is 0 Å². The molecule has 1 aromatic rings. The Kier molecular flexibility index (Phi) is 5.55. The number of carbonyl (C=O) groups excluding carboxylic acids is 2. The third-order valence-electron chi connectivity index (χ3n) is 3.89. The molecule has 0 bridgehead atoms. The Balaban J connectivity index is 0.000000211. The zero-order valence-corrected chi connectivity index (χ0v) is 12.7. The van der Waals surface area contributed by atoms with Crippen LogP contribution in [0.4, 0.5) is 0 Å². The molecule has 1 heterocycles. The maximum atomic E-state index is 11.5. The van der Waals surface area contributed by atoms with Gasteiger partial charge in [0.25, 0.3) is 0 Å². The van der Waals surface area contributed by atoms with E-state index in [9.17, 15) is 9.59 Å². The molecule has 1 aliphatic carbocycles. The lowest BCUT2D eigenvalue weighted by molar-refractivity contribution is -0.147. The summed E-state index contributed by atoms with van der Waals surface area (Å²) in [6, 6.07) is 10.3. The molecule has 1 atom stereocenters. The predicted octanol–water partition coefficient (Wildman–Crippen LogP) is 3.43. The Hall–Kier alpha value is -2.34. The maximum Gasteiger partial charge on any atom is 0.334 e. The minimum absolute atomic E-state index is 0.233. The van der Waals surface area contributed by atoms with Crippen molar-refractivity contribution in [3.63, 3.8) is 0 Å². The number of benzene rings is 1. The van der Waals surface area contributed by atoms with Gasteiger partial charge in [-0.3, -0.25) is 4.79 Å². The Labute approximate surface area is 131 Å². The van der Waals surface area contributed by atoms with Gasteiger partial charge in [-0.1, -0.05) is 54.7 Å². The van der Waals surface area contributed by atoms with E-state index in [0.717, 1.165) is 25.7 Å². The molecular weight excluding hydrogens is 276 g/mol. The molecule has 3 rings (SSSR count). The Morgan fingerprint density at radius 2 is 1.77 bits per heavy atom. The summed E-state index contributed by atoms with van der Waals surface area (Å²) in [5, 5.41) is 0. The molecule has 1 fully saturated rings. The first-order valence-electron chi connectivity index (χ1n) is 7.56. The molecule has 0 amide bonds. The number of ether oxygens (including phenoxy) is 1. The number of hydrogen-bond donors (Lipinski definition) is 0. The van der Waals surface area contributed by atoms with Gasteiger partial charge in [0.1, 0.15) is 5.76 Å². The smallest absolute Gasteiger partial charge is 0.334 e. The molecule has 1 aliphatic heterocycles. The third kappa shape index (κ3) is 4.08. The van der Waals surface area contributed by atoms with Crippen LogP contribution < -0.4 is 0 Å². The fourth-order valence-electron chi connectivity index (χ4n) is 2.64. The van der Waals surface area contributed by atoms with Crippen LogP contribution in [-0.4, -0.2) is 11.8 Å². The van der Waals surface area contributed by atoms with Crippen molar-refractivity contribution in [1.29, 1.82) is 0 Å². The summed E-state index contributed by atoms with van der Waals surface area (Å²) in [5.41, 5.74) is 1.32. The van der Waals surface area contributed by atoms with Gasteiger partial charge in [-0.15, -0.1) is 6.42 Å². The van der Waals surface area contributed by atoms with Crippen LogP contribution in [0.25, 0.3) is 0 Å². The van der Waals surface area contributed by atoms with Gasteiger partial charge in [-0.2, -0.15) is 0 Å². The summed E-state index contributed by atoms with van der Waals surface area (Å²) >= 11 is 0. The van der Waals surface area contributed by atoms with Gasteiger partial charge in [0.05, 0.1) is 0 Å². The molecule has 0 radical (unpaired) electrons. The second kappa shape index (κ2) is 7.61. The summed E-state index contributed by atoms with van der Waals surface area (Å²) in [4.78, 5) is 22.9. The number of rotatable bonds is 1. The van der Waals surface area contributed by atoms with E-state index in [4.69, 9.17) is 11.2 Å². The van der Waals surface area contributed by atoms with E-state index in [-0.39, 0.29) is 11.7 Å². The predicted molar refractivity (Wildman–Crippen MR) is 84.6 cm³/mol. The minimum atomic E-state index is -1.03. The van der Waals surface area contributed by atoms with E-state index >= 15 is 0 Å². The molecule has 22 heavy (non-hydrogen) atoms. The van der Waals surface area contributed by atoms with Crippen LogP contribution >= 0.6 is 0 Å². The number of cyclic esters (lactones) is 1. The number of carbonyl (C=O) groups is 2. The first kappa shape index (κ1) is 16.0. The van der Waals surface area contributed by atoms with Gasteiger partial charge in [0.2, 0.25) is 0 Å². The molecule has 0 aromatic heterocycles. The number of allylic oxidation sites excluding steroid dienone is 2. The molecule has 2 aliphatic rings. The van der Waals surface area contributed by atoms with Crippen LogP contribution in [0, 0.1) is 31.1 Å². The summed E-state index contributed by atoms with van der Waals surface area (Å²) < 4.78 is 5.10. The molecular formula is C19H20O3. The third-order valence-corrected chi connectivity index (χ3v) is 3.89. The highest BCUT2D eigenvalue weighted by Gasteiger charge is 2.34. The number of ketones is 1. The molecule has 114 valence electrons. The molecule has 1 unspecified atom stereocenters. The average molecular weight is 296 g/mol. The maximum absolute atomic E-state index is 11.5. The lowest BCUT2D eigenvalue weighted by atomic mass is 9.97. The number of terminal acetylenes is 1. The van der Waals surface area contributed by atoms with Crippen LogP contribution in [0.3, 0.4) is 0 Å². The molecule has 1 aromatic carbocycles. The highest BCUT2D eigenvalue weighted by atomic mass is 16.5. The van der Waals surface area contributed by atoms with Crippen molar-refractivity contribution in [3.8, 4) is 12.3 Å². The zero-order chi connectivity index (χ0) is 15.9. The second-order valence-electron chi connectivity index (χ2n) is 5.61. The summed E-state index contributed by atoms with van der Waals surface area (Å²) in [6.45, 7) is 2.08. The monoisotopic (exact) mass is 296 g/mol. The van der Waals surface area contributed by atoms with Crippen LogP contribution in [0.1, 0.15) is 31.2 Å². The highest BCUT2D eigenvalue weighted by Crippen LogP contribution is 2.33. The molecule has 3 nitrogen and oxygen atoms in total. The SMILES string of the molecule is C#CC1C(=O)C=C(C2CCCC2)OC1=O.Cc1ccccc1. The van der Waals surface area contributed by atoms with Gasteiger partial charge in [0, 0.05) is 12.0 Å². The number of aryl methyl sites for hydroxylation is 1. The van der Waals surface area contributed by atoms with Gasteiger partial charge < -0.3 is 4.74 Å². The quantitative estimate of drug-likeness (QED) is 0.453. The van der Waals surface area contributed by atoms with E-state index < -0.39 is 11.9 Å². The fraction of sp³-hybridized carbons (Fsp3) is 0.368. The van der Waals surface area contributed by atoms with Crippen molar-refractivity contribution < 1.29 is 14.3 Å². The first-order valence-corrected chi connectivity index (χ1v) is 7.56. The van der Waals surface area contributed by atoms with E-state index in [2.05, 4.69) is 25.0 Å². The average Bonchev–Trinajstić information content (AvgIpc) is 3.02. The Morgan fingerprint density at radius 1 is 1.14 bits per heavy atom. The summed E-state index contributed by atoms with van der Waals surface area (Å²) in [7, 11) is 0. The van der Waals surface area contributed by atoms with Gasteiger partial charge >= 0.3 is 5.97 Å². The van der Waals surface area contributed by atoms with Crippen molar-refractivity contribution in [2.45, 2.75) is 32.6 Å².